The Morgan fingerprint density at radius 1 is 1.41 bits per heavy atom. The van der Waals surface area contributed by atoms with Crippen LogP contribution in [0.5, 0.6) is 0 Å². The molecule has 0 bridgehead atoms. The third-order valence-corrected chi connectivity index (χ3v) is 1.61. The van der Waals surface area contributed by atoms with Crippen LogP contribution in [0, 0.1) is 5.41 Å². The lowest BCUT2D eigenvalue weighted by molar-refractivity contribution is -0.137. The molecule has 0 aliphatic heterocycles. The van der Waals surface area contributed by atoms with Crippen molar-refractivity contribution in [3.63, 3.8) is 0 Å². The number of benzene rings is 1. The topological polar surface area (TPSA) is 74.3 Å². The summed E-state index contributed by atoms with van der Waals surface area (Å²) in [6, 6.07) is 4.65. The van der Waals surface area contributed by atoms with Gasteiger partial charge in [-0.25, -0.2) is 5.43 Å². The molecule has 17 heavy (non-hydrogen) atoms. The van der Waals surface area contributed by atoms with E-state index < -0.39 is 11.7 Å². The maximum atomic E-state index is 12.3. The van der Waals surface area contributed by atoms with Crippen molar-refractivity contribution in [3.05, 3.63) is 35.4 Å². The van der Waals surface area contributed by atoms with Gasteiger partial charge in [0.2, 0.25) is 5.96 Å². The van der Waals surface area contributed by atoms with Crippen LogP contribution in [0.4, 0.5) is 13.2 Å². The van der Waals surface area contributed by atoms with Crippen LogP contribution in [-0.2, 0) is 6.18 Å². The molecule has 1 rings (SSSR count). The van der Waals surface area contributed by atoms with Crippen molar-refractivity contribution >= 4 is 24.6 Å². The third-order valence-electron chi connectivity index (χ3n) is 1.61. The number of hydrazone groups is 1. The van der Waals surface area contributed by atoms with Crippen molar-refractivity contribution in [3.8, 4) is 0 Å². The highest BCUT2D eigenvalue weighted by atomic mass is 35.5. The number of guanidine groups is 1. The highest BCUT2D eigenvalue weighted by molar-refractivity contribution is 5.85. The van der Waals surface area contributed by atoms with E-state index >= 15 is 0 Å². The first kappa shape index (κ1) is 15.2. The first-order valence-electron chi connectivity index (χ1n) is 4.20. The van der Waals surface area contributed by atoms with Crippen LogP contribution in [0.3, 0.4) is 0 Å². The van der Waals surface area contributed by atoms with E-state index in [0.29, 0.717) is 0 Å². The van der Waals surface area contributed by atoms with Crippen molar-refractivity contribution in [2.45, 2.75) is 6.18 Å². The Morgan fingerprint density at radius 2 is 2.06 bits per heavy atom. The zero-order valence-electron chi connectivity index (χ0n) is 8.45. The number of alkyl halides is 3. The summed E-state index contributed by atoms with van der Waals surface area (Å²) in [5, 5.41) is 10.2. The summed E-state index contributed by atoms with van der Waals surface area (Å²) < 4.78 is 36.9. The van der Waals surface area contributed by atoms with Gasteiger partial charge in [-0.3, -0.25) is 5.41 Å². The fraction of sp³-hybridized carbons (Fsp3) is 0.111. The highest BCUT2D eigenvalue weighted by Crippen LogP contribution is 2.29. The van der Waals surface area contributed by atoms with Crippen molar-refractivity contribution in [1.82, 2.24) is 5.43 Å². The van der Waals surface area contributed by atoms with Crippen molar-refractivity contribution < 1.29 is 13.2 Å². The fourth-order valence-electron chi connectivity index (χ4n) is 0.972. The Kier molecular flexibility index (Phi) is 5.46. The summed E-state index contributed by atoms with van der Waals surface area (Å²) in [6.07, 6.45) is -3.23. The van der Waals surface area contributed by atoms with Gasteiger partial charge >= 0.3 is 6.18 Å². The second kappa shape index (κ2) is 6.09. The molecule has 94 valence electrons. The Balaban J connectivity index is 0.00000256. The van der Waals surface area contributed by atoms with Crippen molar-refractivity contribution in [1.29, 1.82) is 5.41 Å². The maximum Gasteiger partial charge on any atom is 0.416 e. The molecular formula is C9H10ClF3N4. The average Bonchev–Trinajstić information content (AvgIpc) is 2.16. The molecule has 0 atom stereocenters. The van der Waals surface area contributed by atoms with Gasteiger partial charge in [0, 0.05) is 0 Å². The number of nitrogens with one attached hydrogen (secondary N) is 2. The van der Waals surface area contributed by atoms with Crippen LogP contribution in [-0.4, -0.2) is 12.2 Å². The predicted octanol–water partition coefficient (Wildman–Crippen LogP) is 1.94. The molecule has 0 saturated carbocycles. The zero-order valence-corrected chi connectivity index (χ0v) is 9.27. The molecule has 0 spiro atoms. The fourth-order valence-corrected chi connectivity index (χ4v) is 0.972. The molecule has 4 N–H and O–H groups in total. The molecule has 0 amide bonds. The minimum absolute atomic E-state index is 0. The summed E-state index contributed by atoms with van der Waals surface area (Å²) in [7, 11) is 0. The lowest BCUT2D eigenvalue weighted by atomic mass is 10.1. The average molecular weight is 267 g/mol. The predicted molar refractivity (Wildman–Crippen MR) is 61.3 cm³/mol. The van der Waals surface area contributed by atoms with Crippen LogP contribution < -0.4 is 11.2 Å². The molecule has 0 radical (unpaired) electrons. The number of halogens is 4. The normalized spacial score (nSPS) is 11.0. The standard InChI is InChI=1S/C9H9F3N4.ClH/c10-9(11,12)7-3-1-2-6(4-7)5-15-16-8(13)14;/h1-5H,(H4,13,14,16);1H/b15-5+;. The Hall–Kier alpha value is -1.76. The second-order valence-corrected chi connectivity index (χ2v) is 2.91. The van der Waals surface area contributed by atoms with Crippen LogP contribution in [0.1, 0.15) is 11.1 Å². The van der Waals surface area contributed by atoms with E-state index in [1.807, 2.05) is 0 Å². The highest BCUT2D eigenvalue weighted by Gasteiger charge is 2.30. The van der Waals surface area contributed by atoms with E-state index in [1.165, 1.54) is 12.1 Å². The van der Waals surface area contributed by atoms with Gasteiger partial charge in [-0.2, -0.15) is 18.3 Å². The van der Waals surface area contributed by atoms with Gasteiger partial charge in [-0.15, -0.1) is 12.4 Å². The largest absolute Gasteiger partial charge is 0.416 e. The molecule has 1 aromatic rings. The monoisotopic (exact) mass is 266 g/mol. The van der Waals surface area contributed by atoms with Crippen LogP contribution >= 0.6 is 12.4 Å². The first-order valence-corrected chi connectivity index (χ1v) is 4.20. The van der Waals surface area contributed by atoms with E-state index in [-0.39, 0.29) is 23.9 Å². The maximum absolute atomic E-state index is 12.3. The lowest BCUT2D eigenvalue weighted by Gasteiger charge is -2.06. The van der Waals surface area contributed by atoms with E-state index in [9.17, 15) is 13.2 Å². The summed E-state index contributed by atoms with van der Waals surface area (Å²) in [5.41, 5.74) is 6.55. The summed E-state index contributed by atoms with van der Waals surface area (Å²) in [5.74, 6) is -0.386. The van der Waals surface area contributed by atoms with E-state index in [1.54, 1.807) is 0 Å². The van der Waals surface area contributed by atoms with Crippen LogP contribution in [0.25, 0.3) is 0 Å². The van der Waals surface area contributed by atoms with E-state index in [0.717, 1.165) is 18.3 Å². The lowest BCUT2D eigenvalue weighted by Crippen LogP contribution is -2.25. The summed E-state index contributed by atoms with van der Waals surface area (Å²) in [6.45, 7) is 0. The minimum Gasteiger partial charge on any atom is -0.369 e. The first-order chi connectivity index (χ1) is 7.39. The molecule has 1 aromatic carbocycles. The van der Waals surface area contributed by atoms with Crippen LogP contribution in [0.15, 0.2) is 29.4 Å². The Labute approximate surface area is 102 Å². The molecule has 4 nitrogen and oxygen atoms in total. The molecule has 0 saturated heterocycles. The number of hydrogen-bond donors (Lipinski definition) is 3. The molecule has 0 fully saturated rings. The molecule has 0 aliphatic rings. The van der Waals surface area contributed by atoms with Gasteiger partial charge in [0.1, 0.15) is 0 Å². The zero-order chi connectivity index (χ0) is 12.2. The number of rotatable bonds is 2. The SMILES string of the molecule is Cl.N=C(N)N/N=C/c1cccc(C(F)(F)F)c1. The van der Waals surface area contributed by atoms with Gasteiger partial charge < -0.3 is 5.73 Å². The number of hydrogen-bond acceptors (Lipinski definition) is 2. The van der Waals surface area contributed by atoms with E-state index in [4.69, 9.17) is 11.1 Å². The molecule has 0 heterocycles. The third kappa shape index (κ3) is 5.21. The molecule has 0 aliphatic carbocycles. The summed E-state index contributed by atoms with van der Waals surface area (Å²) >= 11 is 0. The van der Waals surface area contributed by atoms with E-state index in [2.05, 4.69) is 10.5 Å². The van der Waals surface area contributed by atoms with Gasteiger partial charge in [0.15, 0.2) is 0 Å². The molecular weight excluding hydrogens is 257 g/mol. The van der Waals surface area contributed by atoms with Gasteiger partial charge in [0.25, 0.3) is 0 Å². The Bertz CT molecular complexity index is 417. The van der Waals surface area contributed by atoms with Gasteiger partial charge in [-0.1, -0.05) is 12.1 Å². The molecule has 8 heteroatoms. The smallest absolute Gasteiger partial charge is 0.369 e. The molecule has 0 unspecified atom stereocenters. The van der Waals surface area contributed by atoms with Crippen molar-refractivity contribution in [2.75, 3.05) is 0 Å². The van der Waals surface area contributed by atoms with Gasteiger partial charge in [-0.05, 0) is 17.7 Å². The number of nitrogens with two attached hydrogens (primary N) is 1. The minimum atomic E-state index is -4.38. The van der Waals surface area contributed by atoms with Crippen molar-refractivity contribution in [2.24, 2.45) is 10.8 Å². The van der Waals surface area contributed by atoms with Gasteiger partial charge in [0.05, 0.1) is 11.8 Å². The number of nitrogens with zero attached hydrogens (tertiary/aromatic N) is 1. The van der Waals surface area contributed by atoms with Crippen LogP contribution in [0.2, 0.25) is 0 Å². The quantitative estimate of drug-likeness (QED) is 0.435. The molecule has 0 aromatic heterocycles. The Morgan fingerprint density at radius 3 is 2.59 bits per heavy atom. The second-order valence-electron chi connectivity index (χ2n) is 2.91. The summed E-state index contributed by atoms with van der Waals surface area (Å²) in [4.78, 5) is 0.